The lowest BCUT2D eigenvalue weighted by molar-refractivity contribution is -0.127. The summed E-state index contributed by atoms with van der Waals surface area (Å²) in [5.74, 6) is 0.894. The molecule has 0 saturated carbocycles. The van der Waals surface area contributed by atoms with Crippen LogP contribution in [0, 0.1) is 0 Å². The SMILES string of the molecule is CCCNC(=O)[C@@H]1CN(S(=O)(=O)c2ccc3c(c2)OCCO3)c2ccccc2O1. The number of nitrogens with zero attached hydrogens (tertiary/aromatic N) is 1. The minimum atomic E-state index is -3.96. The van der Waals surface area contributed by atoms with Gasteiger partial charge in [-0.15, -0.1) is 0 Å². The minimum Gasteiger partial charge on any atom is -0.486 e. The van der Waals surface area contributed by atoms with E-state index in [-0.39, 0.29) is 17.3 Å². The van der Waals surface area contributed by atoms with Crippen LogP contribution in [0.2, 0.25) is 0 Å². The average Bonchev–Trinajstić information content (AvgIpc) is 2.76. The lowest BCUT2D eigenvalue weighted by Gasteiger charge is -2.34. The van der Waals surface area contributed by atoms with Crippen LogP contribution in [0.25, 0.3) is 0 Å². The molecular formula is C20H22N2O6S. The van der Waals surface area contributed by atoms with Crippen LogP contribution < -0.4 is 23.8 Å². The van der Waals surface area contributed by atoms with Crippen molar-refractivity contribution in [3.05, 3.63) is 42.5 Å². The molecule has 2 aliphatic heterocycles. The Morgan fingerprint density at radius 1 is 1.10 bits per heavy atom. The third-order valence-electron chi connectivity index (χ3n) is 4.68. The van der Waals surface area contributed by atoms with Crippen LogP contribution in [0.15, 0.2) is 47.4 Å². The van der Waals surface area contributed by atoms with Gasteiger partial charge in [0.25, 0.3) is 15.9 Å². The van der Waals surface area contributed by atoms with Crippen molar-refractivity contribution in [2.24, 2.45) is 0 Å². The Morgan fingerprint density at radius 3 is 2.66 bits per heavy atom. The van der Waals surface area contributed by atoms with Gasteiger partial charge in [0, 0.05) is 12.6 Å². The molecule has 0 bridgehead atoms. The minimum absolute atomic E-state index is 0.0613. The predicted octanol–water partition coefficient (Wildman–Crippen LogP) is 1.94. The van der Waals surface area contributed by atoms with E-state index < -0.39 is 16.1 Å². The number of nitrogens with one attached hydrogen (secondary N) is 1. The number of carbonyl (C=O) groups excluding carboxylic acids is 1. The highest BCUT2D eigenvalue weighted by Gasteiger charge is 2.37. The molecule has 1 N–H and O–H groups in total. The van der Waals surface area contributed by atoms with Crippen molar-refractivity contribution in [2.45, 2.75) is 24.3 Å². The van der Waals surface area contributed by atoms with Crippen LogP contribution in [0.3, 0.4) is 0 Å². The summed E-state index contributed by atoms with van der Waals surface area (Å²) in [6.07, 6.45) is -0.169. The first-order chi connectivity index (χ1) is 14.0. The standard InChI is InChI=1S/C20H22N2O6S/c1-2-9-21-20(23)19-13-22(15-5-3-4-6-16(15)28-19)29(24,25)14-7-8-17-18(12-14)27-11-10-26-17/h3-8,12,19H,2,9-11,13H2,1H3,(H,21,23)/t19-/m0/s1. The van der Waals surface area contributed by atoms with Gasteiger partial charge in [-0.1, -0.05) is 19.1 Å². The Labute approximate surface area is 169 Å². The van der Waals surface area contributed by atoms with Gasteiger partial charge in [-0.25, -0.2) is 8.42 Å². The summed E-state index contributed by atoms with van der Waals surface area (Å²) in [7, 11) is -3.96. The molecular weight excluding hydrogens is 396 g/mol. The Hall–Kier alpha value is -2.94. The van der Waals surface area contributed by atoms with Crippen LogP contribution in [0.5, 0.6) is 17.2 Å². The van der Waals surface area contributed by atoms with Crippen molar-refractivity contribution < 1.29 is 27.4 Å². The lowest BCUT2D eigenvalue weighted by atomic mass is 10.2. The maximum Gasteiger partial charge on any atom is 0.264 e. The number of anilines is 1. The van der Waals surface area contributed by atoms with Crippen LogP contribution >= 0.6 is 0 Å². The zero-order valence-corrected chi connectivity index (χ0v) is 16.8. The van der Waals surface area contributed by atoms with Gasteiger partial charge in [-0.2, -0.15) is 0 Å². The highest BCUT2D eigenvalue weighted by molar-refractivity contribution is 7.92. The number of para-hydroxylation sites is 2. The summed E-state index contributed by atoms with van der Waals surface area (Å²) in [5.41, 5.74) is 0.391. The van der Waals surface area contributed by atoms with Gasteiger partial charge in [-0.05, 0) is 30.7 Å². The third-order valence-corrected chi connectivity index (χ3v) is 6.45. The van der Waals surface area contributed by atoms with Crippen molar-refractivity contribution in [3.8, 4) is 17.2 Å². The van der Waals surface area contributed by atoms with Gasteiger partial charge in [0.15, 0.2) is 17.6 Å². The molecule has 0 fully saturated rings. The molecule has 0 radical (unpaired) electrons. The van der Waals surface area contributed by atoms with Gasteiger partial charge in [0.05, 0.1) is 17.1 Å². The Kier molecular flexibility index (Phi) is 5.23. The van der Waals surface area contributed by atoms with Crippen LogP contribution in [-0.4, -0.2) is 46.7 Å². The van der Waals surface area contributed by atoms with Gasteiger partial charge in [0.2, 0.25) is 0 Å². The monoisotopic (exact) mass is 418 g/mol. The van der Waals surface area contributed by atoms with Crippen molar-refractivity contribution in [1.82, 2.24) is 5.32 Å². The lowest BCUT2D eigenvalue weighted by Crippen LogP contribution is -2.50. The first kappa shape index (κ1) is 19.4. The Bertz CT molecular complexity index is 1020. The Balaban J connectivity index is 1.70. The fourth-order valence-electron chi connectivity index (χ4n) is 3.24. The number of hydrogen-bond donors (Lipinski definition) is 1. The number of amides is 1. The van der Waals surface area contributed by atoms with Crippen LogP contribution in [-0.2, 0) is 14.8 Å². The second kappa shape index (κ2) is 7.82. The van der Waals surface area contributed by atoms with Gasteiger partial charge in [0.1, 0.15) is 19.0 Å². The molecule has 2 aromatic rings. The van der Waals surface area contributed by atoms with Crippen molar-refractivity contribution >= 4 is 21.6 Å². The van der Waals surface area contributed by atoms with E-state index in [0.717, 1.165) is 6.42 Å². The molecule has 1 atom stereocenters. The molecule has 29 heavy (non-hydrogen) atoms. The second-order valence-corrected chi connectivity index (χ2v) is 8.57. The highest BCUT2D eigenvalue weighted by Crippen LogP contribution is 2.39. The summed E-state index contributed by atoms with van der Waals surface area (Å²) in [5, 5.41) is 2.76. The molecule has 0 unspecified atom stereocenters. The first-order valence-electron chi connectivity index (χ1n) is 9.46. The van der Waals surface area contributed by atoms with Crippen molar-refractivity contribution in [3.63, 3.8) is 0 Å². The van der Waals surface area contributed by atoms with E-state index in [2.05, 4.69) is 5.32 Å². The fraction of sp³-hybridized carbons (Fsp3) is 0.350. The van der Waals surface area contributed by atoms with Gasteiger partial charge >= 0.3 is 0 Å². The maximum atomic E-state index is 13.5. The summed E-state index contributed by atoms with van der Waals surface area (Å²) in [6.45, 7) is 3.09. The van der Waals surface area contributed by atoms with Crippen LogP contribution in [0.4, 0.5) is 5.69 Å². The fourth-order valence-corrected chi connectivity index (χ4v) is 4.73. The number of sulfonamides is 1. The average molecular weight is 418 g/mol. The van der Waals surface area contributed by atoms with E-state index in [1.807, 2.05) is 6.92 Å². The second-order valence-electron chi connectivity index (χ2n) is 6.71. The molecule has 4 rings (SSSR count). The number of fused-ring (bicyclic) bond motifs is 2. The molecule has 0 aliphatic carbocycles. The van der Waals surface area contributed by atoms with Crippen LogP contribution in [0.1, 0.15) is 13.3 Å². The molecule has 9 heteroatoms. The summed E-state index contributed by atoms with van der Waals surface area (Å²) in [6, 6.07) is 11.3. The van der Waals surface area contributed by atoms with E-state index in [4.69, 9.17) is 14.2 Å². The van der Waals surface area contributed by atoms with E-state index in [9.17, 15) is 13.2 Å². The number of carbonyl (C=O) groups is 1. The quantitative estimate of drug-likeness (QED) is 0.798. The molecule has 2 aromatic carbocycles. The van der Waals surface area contributed by atoms with E-state index >= 15 is 0 Å². The molecule has 2 heterocycles. The topological polar surface area (TPSA) is 94.2 Å². The predicted molar refractivity (Wildman–Crippen MR) is 106 cm³/mol. The Morgan fingerprint density at radius 2 is 1.86 bits per heavy atom. The largest absolute Gasteiger partial charge is 0.486 e. The molecule has 0 saturated heterocycles. The number of hydrogen-bond acceptors (Lipinski definition) is 6. The maximum absolute atomic E-state index is 13.5. The number of rotatable bonds is 5. The smallest absolute Gasteiger partial charge is 0.264 e. The van der Waals surface area contributed by atoms with E-state index in [1.165, 1.54) is 16.4 Å². The molecule has 0 spiro atoms. The zero-order valence-electron chi connectivity index (χ0n) is 16.0. The third kappa shape index (κ3) is 3.69. The molecule has 1 amide bonds. The van der Waals surface area contributed by atoms with E-state index in [0.29, 0.717) is 42.7 Å². The molecule has 0 aromatic heterocycles. The molecule has 154 valence electrons. The summed E-state index contributed by atoms with van der Waals surface area (Å²) in [4.78, 5) is 12.5. The van der Waals surface area contributed by atoms with Gasteiger partial charge < -0.3 is 19.5 Å². The number of ether oxygens (including phenoxy) is 3. The van der Waals surface area contributed by atoms with Crippen molar-refractivity contribution in [1.29, 1.82) is 0 Å². The first-order valence-corrected chi connectivity index (χ1v) is 10.9. The van der Waals surface area contributed by atoms with E-state index in [1.54, 1.807) is 30.3 Å². The number of benzene rings is 2. The highest BCUT2D eigenvalue weighted by atomic mass is 32.2. The normalized spacial score (nSPS) is 17.8. The summed E-state index contributed by atoms with van der Waals surface area (Å²) >= 11 is 0. The molecule has 2 aliphatic rings. The summed E-state index contributed by atoms with van der Waals surface area (Å²) < 4.78 is 44.9. The van der Waals surface area contributed by atoms with Gasteiger partial charge in [-0.3, -0.25) is 9.10 Å². The molecule has 8 nitrogen and oxygen atoms in total. The van der Waals surface area contributed by atoms with Crippen molar-refractivity contribution in [2.75, 3.05) is 30.6 Å². The zero-order chi connectivity index (χ0) is 20.4.